The van der Waals surface area contributed by atoms with Gasteiger partial charge in [-0.25, -0.2) is 0 Å². The van der Waals surface area contributed by atoms with Crippen LogP contribution in [-0.2, 0) is 6.54 Å². The third-order valence-electron chi connectivity index (χ3n) is 2.86. The summed E-state index contributed by atoms with van der Waals surface area (Å²) in [4.78, 5) is 0. The molecule has 0 aliphatic heterocycles. The van der Waals surface area contributed by atoms with Crippen molar-refractivity contribution in [3.05, 3.63) is 53.6 Å². The van der Waals surface area contributed by atoms with E-state index in [1.165, 1.54) is 11.1 Å². The van der Waals surface area contributed by atoms with Crippen LogP contribution in [0.1, 0.15) is 18.1 Å². The predicted molar refractivity (Wildman–Crippen MR) is 80.5 cm³/mol. The van der Waals surface area contributed by atoms with Crippen molar-refractivity contribution < 1.29 is 4.74 Å². The van der Waals surface area contributed by atoms with Crippen LogP contribution in [0.3, 0.4) is 0 Å². The second-order valence-electron chi connectivity index (χ2n) is 4.56. The maximum Gasteiger partial charge on any atom is 0.123 e. The second-order valence-corrected chi connectivity index (χ2v) is 4.56. The first-order valence-electron chi connectivity index (χ1n) is 6.50. The van der Waals surface area contributed by atoms with Gasteiger partial charge in [-0.1, -0.05) is 29.8 Å². The zero-order valence-corrected chi connectivity index (χ0v) is 11.4. The molecule has 0 heterocycles. The highest BCUT2D eigenvalue weighted by Crippen LogP contribution is 2.23. The lowest BCUT2D eigenvalue weighted by Gasteiger charge is -2.10. The van der Waals surface area contributed by atoms with Gasteiger partial charge in [0.2, 0.25) is 0 Å². The van der Waals surface area contributed by atoms with Crippen molar-refractivity contribution in [3.8, 4) is 5.75 Å². The van der Waals surface area contributed by atoms with Crippen LogP contribution in [-0.4, -0.2) is 6.61 Å². The zero-order valence-electron chi connectivity index (χ0n) is 11.4. The lowest BCUT2D eigenvalue weighted by molar-refractivity contribution is 0.340. The number of aryl methyl sites for hydroxylation is 1. The summed E-state index contributed by atoms with van der Waals surface area (Å²) in [6.45, 7) is 5.46. The minimum atomic E-state index is 0.640. The third kappa shape index (κ3) is 3.91. The number of ether oxygens (including phenoxy) is 1. The number of hydrogen-bond acceptors (Lipinski definition) is 3. The summed E-state index contributed by atoms with van der Waals surface area (Å²) in [5.74, 6) is 0.800. The fraction of sp³-hybridized carbons (Fsp3) is 0.250. The van der Waals surface area contributed by atoms with E-state index in [-0.39, 0.29) is 0 Å². The van der Waals surface area contributed by atoms with Gasteiger partial charge in [-0.3, -0.25) is 0 Å². The average molecular weight is 256 g/mol. The van der Waals surface area contributed by atoms with Crippen molar-refractivity contribution in [2.75, 3.05) is 17.7 Å². The molecule has 0 bridgehead atoms. The van der Waals surface area contributed by atoms with Crippen LogP contribution < -0.4 is 15.8 Å². The summed E-state index contributed by atoms with van der Waals surface area (Å²) in [6.07, 6.45) is 0. The summed E-state index contributed by atoms with van der Waals surface area (Å²) >= 11 is 0. The van der Waals surface area contributed by atoms with E-state index in [0.29, 0.717) is 12.3 Å². The molecule has 19 heavy (non-hydrogen) atoms. The van der Waals surface area contributed by atoms with E-state index < -0.39 is 0 Å². The van der Waals surface area contributed by atoms with Crippen molar-refractivity contribution in [3.63, 3.8) is 0 Å². The van der Waals surface area contributed by atoms with Crippen molar-refractivity contribution >= 4 is 11.4 Å². The molecule has 0 aromatic heterocycles. The van der Waals surface area contributed by atoms with Crippen molar-refractivity contribution in [2.45, 2.75) is 20.4 Å². The van der Waals surface area contributed by atoms with Crippen LogP contribution in [0.25, 0.3) is 0 Å². The number of nitrogens with two attached hydrogens (primary N) is 1. The highest BCUT2D eigenvalue weighted by molar-refractivity contribution is 5.59. The maximum atomic E-state index is 5.86. The Morgan fingerprint density at radius 1 is 1.11 bits per heavy atom. The Morgan fingerprint density at radius 3 is 2.53 bits per heavy atom. The molecule has 3 heteroatoms. The van der Waals surface area contributed by atoms with Crippen LogP contribution in [0.5, 0.6) is 5.75 Å². The summed E-state index contributed by atoms with van der Waals surface area (Å²) in [5, 5.41) is 3.36. The molecule has 0 atom stereocenters. The quantitative estimate of drug-likeness (QED) is 0.804. The summed E-state index contributed by atoms with van der Waals surface area (Å²) in [6, 6.07) is 14.2. The van der Waals surface area contributed by atoms with Gasteiger partial charge in [0, 0.05) is 30.1 Å². The SMILES string of the molecule is CCOc1cc(N)cc(NCc2ccc(C)cc2)c1. The summed E-state index contributed by atoms with van der Waals surface area (Å²) in [7, 11) is 0. The number of hydrogen-bond donors (Lipinski definition) is 2. The number of benzene rings is 2. The van der Waals surface area contributed by atoms with Gasteiger partial charge < -0.3 is 15.8 Å². The number of rotatable bonds is 5. The van der Waals surface area contributed by atoms with E-state index in [1.54, 1.807) is 0 Å². The van der Waals surface area contributed by atoms with E-state index >= 15 is 0 Å². The Morgan fingerprint density at radius 2 is 1.84 bits per heavy atom. The smallest absolute Gasteiger partial charge is 0.123 e. The minimum absolute atomic E-state index is 0.640. The second kappa shape index (κ2) is 6.14. The van der Waals surface area contributed by atoms with Gasteiger partial charge in [0.25, 0.3) is 0 Å². The Kier molecular flexibility index (Phi) is 4.29. The van der Waals surface area contributed by atoms with E-state index in [0.717, 1.165) is 18.0 Å². The van der Waals surface area contributed by atoms with Gasteiger partial charge in [-0.15, -0.1) is 0 Å². The van der Waals surface area contributed by atoms with Crippen molar-refractivity contribution in [1.82, 2.24) is 0 Å². The third-order valence-corrected chi connectivity index (χ3v) is 2.86. The number of nitrogen functional groups attached to an aromatic ring is 1. The maximum absolute atomic E-state index is 5.86. The highest BCUT2D eigenvalue weighted by atomic mass is 16.5. The van der Waals surface area contributed by atoms with Gasteiger partial charge in [0.05, 0.1) is 6.61 Å². The van der Waals surface area contributed by atoms with Gasteiger partial charge >= 0.3 is 0 Å². The number of anilines is 2. The fourth-order valence-corrected chi connectivity index (χ4v) is 1.88. The molecule has 0 radical (unpaired) electrons. The largest absolute Gasteiger partial charge is 0.494 e. The Hall–Kier alpha value is -2.16. The normalized spacial score (nSPS) is 10.2. The molecule has 0 spiro atoms. The molecular formula is C16H20N2O. The molecule has 0 aliphatic rings. The molecule has 2 aromatic carbocycles. The highest BCUT2D eigenvalue weighted by Gasteiger charge is 2.00. The zero-order chi connectivity index (χ0) is 13.7. The molecule has 0 fully saturated rings. The van der Waals surface area contributed by atoms with E-state index in [4.69, 9.17) is 10.5 Å². The predicted octanol–water partition coefficient (Wildman–Crippen LogP) is 3.59. The molecule has 0 amide bonds. The minimum Gasteiger partial charge on any atom is -0.494 e. The summed E-state index contributed by atoms with van der Waals surface area (Å²) < 4.78 is 5.48. The lowest BCUT2D eigenvalue weighted by atomic mass is 10.1. The first kappa shape index (κ1) is 13.3. The Balaban J connectivity index is 2.04. The molecule has 2 rings (SSSR count). The molecule has 3 nitrogen and oxygen atoms in total. The van der Waals surface area contributed by atoms with Crippen LogP contribution >= 0.6 is 0 Å². The Labute approximate surface area is 114 Å². The monoisotopic (exact) mass is 256 g/mol. The van der Waals surface area contributed by atoms with E-state index in [9.17, 15) is 0 Å². The molecule has 0 aliphatic carbocycles. The first-order chi connectivity index (χ1) is 9.17. The van der Waals surface area contributed by atoms with Gasteiger partial charge in [-0.05, 0) is 25.5 Å². The van der Waals surface area contributed by atoms with Crippen molar-refractivity contribution in [2.24, 2.45) is 0 Å². The molecule has 2 aromatic rings. The molecule has 100 valence electrons. The summed E-state index contributed by atoms with van der Waals surface area (Å²) in [5.41, 5.74) is 10.1. The molecule has 0 saturated heterocycles. The fourth-order valence-electron chi connectivity index (χ4n) is 1.88. The average Bonchev–Trinajstić information content (AvgIpc) is 2.38. The van der Waals surface area contributed by atoms with Crippen LogP contribution in [0.4, 0.5) is 11.4 Å². The van der Waals surface area contributed by atoms with Crippen molar-refractivity contribution in [1.29, 1.82) is 0 Å². The molecule has 0 saturated carbocycles. The van der Waals surface area contributed by atoms with E-state index in [2.05, 4.69) is 36.5 Å². The number of nitrogens with one attached hydrogen (secondary N) is 1. The first-order valence-corrected chi connectivity index (χ1v) is 6.50. The Bertz CT molecular complexity index is 535. The molecule has 0 unspecified atom stereocenters. The standard InChI is InChI=1S/C16H20N2O/c1-3-19-16-9-14(17)8-15(10-16)18-11-13-6-4-12(2)5-7-13/h4-10,18H,3,11,17H2,1-2H3. The van der Waals surface area contributed by atoms with Crippen LogP contribution in [0.15, 0.2) is 42.5 Å². The van der Waals surface area contributed by atoms with Gasteiger partial charge in [0.15, 0.2) is 0 Å². The molecule has 3 N–H and O–H groups in total. The van der Waals surface area contributed by atoms with Crippen LogP contribution in [0.2, 0.25) is 0 Å². The topological polar surface area (TPSA) is 47.3 Å². The van der Waals surface area contributed by atoms with Gasteiger partial charge in [0.1, 0.15) is 5.75 Å². The lowest BCUT2D eigenvalue weighted by Crippen LogP contribution is -2.01. The van der Waals surface area contributed by atoms with E-state index in [1.807, 2.05) is 25.1 Å². The van der Waals surface area contributed by atoms with Crippen LogP contribution in [0, 0.1) is 6.92 Å². The molecular weight excluding hydrogens is 236 g/mol. The van der Waals surface area contributed by atoms with Gasteiger partial charge in [-0.2, -0.15) is 0 Å².